The first kappa shape index (κ1) is 32.4. The first-order valence-electron chi connectivity index (χ1n) is 15.9. The van der Waals surface area contributed by atoms with E-state index in [1.165, 1.54) is 7.11 Å². The molecule has 1 saturated heterocycles. The highest BCUT2D eigenvalue weighted by molar-refractivity contribution is 6.08. The molecule has 3 aliphatic rings. The van der Waals surface area contributed by atoms with Crippen LogP contribution in [0.2, 0.25) is 0 Å². The Labute approximate surface area is 264 Å². The Hall–Kier alpha value is -4.02. The van der Waals surface area contributed by atoms with Gasteiger partial charge >= 0.3 is 5.97 Å². The molecule has 3 heterocycles. The number of piperidine rings is 1. The molecule has 3 amide bonds. The lowest BCUT2D eigenvalue weighted by Crippen LogP contribution is -2.46. The molecule has 10 heteroatoms. The first-order chi connectivity index (χ1) is 21.7. The number of methoxy groups -OCH3 is 1. The number of carbonyl (C=O) groups excluding carboxylic acids is 4. The molecule has 5 rings (SSSR count). The fraction of sp³-hybridized carbons (Fsp3) is 0.486. The molecule has 1 fully saturated rings. The predicted molar refractivity (Wildman–Crippen MR) is 169 cm³/mol. The molecule has 0 unspecified atom stereocenters. The Morgan fingerprint density at radius 1 is 1.11 bits per heavy atom. The summed E-state index contributed by atoms with van der Waals surface area (Å²) in [5.41, 5.74) is 1.92. The molecule has 0 radical (unpaired) electrons. The third-order valence-corrected chi connectivity index (χ3v) is 9.39. The van der Waals surface area contributed by atoms with Crippen molar-refractivity contribution in [1.29, 1.82) is 0 Å². The lowest BCUT2D eigenvalue weighted by molar-refractivity contribution is -0.140. The van der Waals surface area contributed by atoms with Crippen LogP contribution in [0, 0.1) is 5.92 Å². The number of hydrogen-bond donors (Lipinski definition) is 2. The third-order valence-electron chi connectivity index (χ3n) is 9.39. The summed E-state index contributed by atoms with van der Waals surface area (Å²) >= 11 is 0. The van der Waals surface area contributed by atoms with Crippen LogP contribution in [0.4, 0.5) is 11.4 Å². The minimum atomic E-state index is -1.91. The number of unbranched alkanes of at least 4 members (excludes halogenated alkanes) is 1. The molecule has 2 aromatic carbocycles. The molecular weight excluding hydrogens is 574 g/mol. The zero-order valence-electron chi connectivity index (χ0n) is 26.1. The minimum absolute atomic E-state index is 0.0155. The minimum Gasteiger partial charge on any atom is -0.469 e. The Bertz CT molecular complexity index is 1470. The molecule has 10 nitrogen and oxygen atoms in total. The van der Waals surface area contributed by atoms with E-state index >= 15 is 0 Å². The molecule has 240 valence electrons. The summed E-state index contributed by atoms with van der Waals surface area (Å²) in [5, 5.41) is 22.2. The maximum absolute atomic E-state index is 14.0. The van der Waals surface area contributed by atoms with E-state index in [1.807, 2.05) is 30.3 Å². The highest BCUT2D eigenvalue weighted by Crippen LogP contribution is 2.47. The zero-order valence-corrected chi connectivity index (χ0v) is 26.1. The number of rotatable bonds is 11. The number of nitrogens with zero attached hydrogens (tertiary/aromatic N) is 3. The SMILES string of the molecule is COC(=O)CCCCN1C(=O)[C@](O)([C@H](C)/C=C/CC(=O)N2Cc3ccccc3C[C@H]2CO)c2cc(N3CCCCC3=O)ccc21. The second-order valence-electron chi connectivity index (χ2n) is 12.2. The lowest BCUT2D eigenvalue weighted by Gasteiger charge is -2.36. The molecule has 2 aromatic rings. The summed E-state index contributed by atoms with van der Waals surface area (Å²) in [7, 11) is 1.34. The fourth-order valence-electron chi connectivity index (χ4n) is 6.72. The molecule has 45 heavy (non-hydrogen) atoms. The summed E-state index contributed by atoms with van der Waals surface area (Å²) in [5.74, 6) is -1.62. The maximum atomic E-state index is 14.0. The number of aliphatic hydroxyl groups is 2. The van der Waals surface area contributed by atoms with Gasteiger partial charge in [0.15, 0.2) is 5.60 Å². The van der Waals surface area contributed by atoms with Crippen LogP contribution < -0.4 is 9.80 Å². The van der Waals surface area contributed by atoms with Gasteiger partial charge in [0, 0.05) is 56.1 Å². The molecule has 0 aliphatic carbocycles. The van der Waals surface area contributed by atoms with Gasteiger partial charge in [-0.3, -0.25) is 19.2 Å². The molecule has 3 atom stereocenters. The fourth-order valence-corrected chi connectivity index (χ4v) is 6.72. The van der Waals surface area contributed by atoms with Crippen LogP contribution >= 0.6 is 0 Å². The molecule has 0 spiro atoms. The highest BCUT2D eigenvalue weighted by atomic mass is 16.5. The normalized spacial score (nSPS) is 22.0. The van der Waals surface area contributed by atoms with Crippen molar-refractivity contribution in [1.82, 2.24) is 4.90 Å². The number of fused-ring (bicyclic) bond motifs is 2. The zero-order chi connectivity index (χ0) is 32.1. The average Bonchev–Trinajstić information content (AvgIpc) is 3.27. The number of ether oxygens (including phenoxy) is 1. The smallest absolute Gasteiger partial charge is 0.305 e. The van der Waals surface area contributed by atoms with E-state index < -0.39 is 17.4 Å². The lowest BCUT2D eigenvalue weighted by atomic mass is 9.82. The van der Waals surface area contributed by atoms with Crippen LogP contribution in [0.5, 0.6) is 0 Å². The highest BCUT2D eigenvalue weighted by Gasteiger charge is 2.52. The second kappa shape index (κ2) is 14.0. The van der Waals surface area contributed by atoms with Crippen molar-refractivity contribution in [3.63, 3.8) is 0 Å². The van der Waals surface area contributed by atoms with Gasteiger partial charge in [0.1, 0.15) is 0 Å². The summed E-state index contributed by atoms with van der Waals surface area (Å²) in [4.78, 5) is 56.5. The number of aliphatic hydroxyl groups excluding tert-OH is 1. The molecular formula is C35H43N3O7. The van der Waals surface area contributed by atoms with E-state index in [9.17, 15) is 29.4 Å². The van der Waals surface area contributed by atoms with E-state index in [1.54, 1.807) is 45.9 Å². The molecule has 0 bridgehead atoms. The standard InChI is InChI=1S/C35H43N3O7/c1-24(10-9-14-32(41)38-22-26-12-4-3-11-25(26)20-28(38)23-39)35(44)29-21-27(36-18-7-5-13-31(36)40)16-17-30(29)37(34(35)43)19-8-6-15-33(42)45-2/h3-4,9-12,16-17,21,24,28,39,44H,5-8,13-15,18-20,22-23H2,1-2H3/b10-9+/t24-,28+,35+/m1/s1. The third kappa shape index (κ3) is 6.53. The van der Waals surface area contributed by atoms with Gasteiger partial charge in [0.2, 0.25) is 11.8 Å². The molecule has 3 aliphatic heterocycles. The molecule has 2 N–H and O–H groups in total. The van der Waals surface area contributed by atoms with Crippen LogP contribution in [-0.2, 0) is 42.5 Å². The monoisotopic (exact) mass is 617 g/mol. The summed E-state index contributed by atoms with van der Waals surface area (Å²) < 4.78 is 4.73. The predicted octanol–water partition coefficient (Wildman–Crippen LogP) is 3.61. The van der Waals surface area contributed by atoms with E-state index in [0.717, 1.165) is 24.0 Å². The van der Waals surface area contributed by atoms with Crippen molar-refractivity contribution < 1.29 is 34.1 Å². The summed E-state index contributed by atoms with van der Waals surface area (Å²) in [6.45, 7) is 2.91. The summed E-state index contributed by atoms with van der Waals surface area (Å²) in [6.07, 6.45) is 7.49. The second-order valence-corrected chi connectivity index (χ2v) is 12.2. The number of carbonyl (C=O) groups is 4. The van der Waals surface area contributed by atoms with Gasteiger partial charge in [-0.05, 0) is 61.4 Å². The van der Waals surface area contributed by atoms with Gasteiger partial charge < -0.3 is 29.6 Å². The van der Waals surface area contributed by atoms with E-state index in [2.05, 4.69) is 0 Å². The van der Waals surface area contributed by atoms with Crippen LogP contribution in [0.15, 0.2) is 54.6 Å². The van der Waals surface area contributed by atoms with Gasteiger partial charge in [-0.2, -0.15) is 0 Å². The quantitative estimate of drug-likeness (QED) is 0.224. The van der Waals surface area contributed by atoms with Gasteiger partial charge in [0.25, 0.3) is 5.91 Å². The van der Waals surface area contributed by atoms with Crippen LogP contribution in [-0.4, -0.2) is 71.7 Å². The average molecular weight is 618 g/mol. The topological polar surface area (TPSA) is 128 Å². The first-order valence-corrected chi connectivity index (χ1v) is 15.9. The number of benzene rings is 2. The maximum Gasteiger partial charge on any atom is 0.305 e. The van der Waals surface area contributed by atoms with Crippen LogP contribution in [0.1, 0.15) is 68.6 Å². The van der Waals surface area contributed by atoms with Gasteiger partial charge in [-0.15, -0.1) is 0 Å². The number of esters is 1. The summed E-state index contributed by atoms with van der Waals surface area (Å²) in [6, 6.07) is 12.9. The van der Waals surface area contributed by atoms with Crippen molar-refractivity contribution in [3.05, 3.63) is 71.3 Å². The van der Waals surface area contributed by atoms with Crippen molar-refractivity contribution >= 4 is 35.1 Å². The van der Waals surface area contributed by atoms with Crippen molar-refractivity contribution in [2.24, 2.45) is 5.92 Å². The van der Waals surface area contributed by atoms with Crippen LogP contribution in [0.25, 0.3) is 0 Å². The van der Waals surface area contributed by atoms with Gasteiger partial charge in [0.05, 0.1) is 25.4 Å². The van der Waals surface area contributed by atoms with Gasteiger partial charge in [-0.25, -0.2) is 0 Å². The Kier molecular flexibility index (Phi) is 10.0. The van der Waals surface area contributed by atoms with Crippen molar-refractivity contribution in [2.75, 3.05) is 36.6 Å². The van der Waals surface area contributed by atoms with Crippen molar-refractivity contribution in [2.45, 2.75) is 76.5 Å². The van der Waals surface area contributed by atoms with Gasteiger partial charge in [-0.1, -0.05) is 43.3 Å². The van der Waals surface area contributed by atoms with Crippen LogP contribution in [0.3, 0.4) is 0 Å². The number of anilines is 2. The van der Waals surface area contributed by atoms with E-state index in [4.69, 9.17) is 4.74 Å². The molecule has 0 aromatic heterocycles. The molecule has 0 saturated carbocycles. The number of amides is 3. The van der Waals surface area contributed by atoms with Crippen molar-refractivity contribution in [3.8, 4) is 0 Å². The number of hydrogen-bond acceptors (Lipinski definition) is 7. The Balaban J connectivity index is 1.36. The van der Waals surface area contributed by atoms with E-state index in [0.29, 0.717) is 62.3 Å². The van der Waals surface area contributed by atoms with E-state index in [-0.39, 0.29) is 43.3 Å². The Morgan fingerprint density at radius 2 is 1.89 bits per heavy atom. The largest absolute Gasteiger partial charge is 0.469 e. The Morgan fingerprint density at radius 3 is 2.62 bits per heavy atom.